The molecule has 103 valence electrons. The van der Waals surface area contributed by atoms with E-state index in [-0.39, 0.29) is 6.04 Å². The Morgan fingerprint density at radius 2 is 1.95 bits per heavy atom. The standard InChI is InChI=1S/C14H16F3N2/c1-2-3-13-10-18-8-9-19(13)12-6-4-11(5-7-12)14(15,16)17/h2-7,13,18H,1,8-10H2. The highest BCUT2D eigenvalue weighted by Crippen LogP contribution is 2.31. The average Bonchev–Trinajstić information content (AvgIpc) is 2.39. The van der Waals surface area contributed by atoms with E-state index in [0.717, 1.165) is 37.5 Å². The molecule has 1 heterocycles. The van der Waals surface area contributed by atoms with Crippen molar-refractivity contribution >= 4 is 5.69 Å². The summed E-state index contributed by atoms with van der Waals surface area (Å²) in [5.41, 5.74) is 0.188. The lowest BCUT2D eigenvalue weighted by atomic mass is 10.1. The van der Waals surface area contributed by atoms with Crippen molar-refractivity contribution < 1.29 is 13.2 Å². The number of hydrogen-bond acceptors (Lipinski definition) is 2. The van der Waals surface area contributed by atoms with Crippen molar-refractivity contribution in [2.45, 2.75) is 12.2 Å². The molecule has 1 aliphatic rings. The first-order valence-electron chi connectivity index (χ1n) is 6.13. The Kier molecular flexibility index (Phi) is 4.14. The number of allylic oxidation sites excluding steroid dienone is 1. The second-order valence-electron chi connectivity index (χ2n) is 4.44. The molecule has 1 aromatic carbocycles. The van der Waals surface area contributed by atoms with Crippen molar-refractivity contribution in [3.63, 3.8) is 0 Å². The Morgan fingerprint density at radius 3 is 2.53 bits per heavy atom. The third-order valence-corrected chi connectivity index (χ3v) is 3.17. The van der Waals surface area contributed by atoms with Crippen LogP contribution in [0.3, 0.4) is 0 Å². The van der Waals surface area contributed by atoms with Crippen molar-refractivity contribution in [3.8, 4) is 0 Å². The summed E-state index contributed by atoms with van der Waals surface area (Å²) < 4.78 is 37.5. The first kappa shape index (κ1) is 13.9. The number of rotatable bonds is 2. The Hall–Kier alpha value is -1.49. The van der Waals surface area contributed by atoms with E-state index >= 15 is 0 Å². The van der Waals surface area contributed by atoms with Crippen LogP contribution < -0.4 is 10.2 Å². The van der Waals surface area contributed by atoms with E-state index in [9.17, 15) is 13.2 Å². The summed E-state index contributed by atoms with van der Waals surface area (Å²) in [7, 11) is 0. The van der Waals surface area contributed by atoms with Gasteiger partial charge >= 0.3 is 6.18 Å². The van der Waals surface area contributed by atoms with Crippen LogP contribution in [0.15, 0.2) is 36.4 Å². The fraction of sp³-hybridized carbons (Fsp3) is 0.357. The molecule has 5 heteroatoms. The van der Waals surface area contributed by atoms with Gasteiger partial charge in [0.05, 0.1) is 11.6 Å². The minimum Gasteiger partial charge on any atom is -0.363 e. The zero-order chi connectivity index (χ0) is 13.9. The molecule has 19 heavy (non-hydrogen) atoms. The molecule has 0 bridgehead atoms. The van der Waals surface area contributed by atoms with Crippen molar-refractivity contribution in [2.75, 3.05) is 24.5 Å². The lowest BCUT2D eigenvalue weighted by Crippen LogP contribution is -2.50. The summed E-state index contributed by atoms with van der Waals surface area (Å²) in [4.78, 5) is 2.08. The van der Waals surface area contributed by atoms with Gasteiger partial charge < -0.3 is 10.2 Å². The highest BCUT2D eigenvalue weighted by Gasteiger charge is 2.30. The van der Waals surface area contributed by atoms with Crippen LogP contribution in [-0.2, 0) is 6.18 Å². The fourth-order valence-electron chi connectivity index (χ4n) is 2.22. The van der Waals surface area contributed by atoms with E-state index in [0.29, 0.717) is 0 Å². The van der Waals surface area contributed by atoms with Gasteiger partial charge in [0.1, 0.15) is 0 Å². The molecule has 2 nitrogen and oxygen atoms in total. The SMILES string of the molecule is [CH2]C=CC1CNCCN1c1ccc(C(F)(F)F)cc1. The van der Waals surface area contributed by atoms with E-state index in [2.05, 4.69) is 17.1 Å². The molecule has 0 amide bonds. The molecular weight excluding hydrogens is 253 g/mol. The van der Waals surface area contributed by atoms with Gasteiger partial charge in [-0.25, -0.2) is 0 Å². The molecule has 1 unspecified atom stereocenters. The number of hydrogen-bond donors (Lipinski definition) is 1. The van der Waals surface area contributed by atoms with Crippen molar-refractivity contribution in [3.05, 3.63) is 48.9 Å². The van der Waals surface area contributed by atoms with Crippen molar-refractivity contribution in [1.82, 2.24) is 5.32 Å². The minimum atomic E-state index is -4.28. The normalized spacial score (nSPS) is 21.1. The van der Waals surface area contributed by atoms with Gasteiger partial charge in [0.25, 0.3) is 0 Å². The van der Waals surface area contributed by atoms with E-state index in [4.69, 9.17) is 0 Å². The van der Waals surface area contributed by atoms with Gasteiger partial charge in [-0.1, -0.05) is 12.2 Å². The predicted molar refractivity (Wildman–Crippen MR) is 69.9 cm³/mol. The molecule has 1 N–H and O–H groups in total. The monoisotopic (exact) mass is 269 g/mol. The Morgan fingerprint density at radius 1 is 1.26 bits per heavy atom. The molecule has 0 aliphatic carbocycles. The lowest BCUT2D eigenvalue weighted by Gasteiger charge is -2.36. The molecule has 1 saturated heterocycles. The highest BCUT2D eigenvalue weighted by molar-refractivity contribution is 5.50. The second-order valence-corrected chi connectivity index (χ2v) is 4.44. The molecular formula is C14H16F3N2. The molecule has 1 atom stereocenters. The number of anilines is 1. The van der Waals surface area contributed by atoms with Gasteiger partial charge in [-0.15, -0.1) is 0 Å². The largest absolute Gasteiger partial charge is 0.416 e. The van der Waals surface area contributed by atoms with Crippen LogP contribution in [-0.4, -0.2) is 25.7 Å². The second kappa shape index (κ2) is 5.65. The average molecular weight is 269 g/mol. The summed E-state index contributed by atoms with van der Waals surface area (Å²) in [6.45, 7) is 6.03. The third kappa shape index (κ3) is 3.29. The smallest absolute Gasteiger partial charge is 0.363 e. The number of piperazine rings is 1. The van der Waals surface area contributed by atoms with Crippen LogP contribution in [0.1, 0.15) is 5.56 Å². The van der Waals surface area contributed by atoms with Gasteiger partial charge in [-0.3, -0.25) is 0 Å². The first-order valence-corrected chi connectivity index (χ1v) is 6.13. The maximum absolute atomic E-state index is 12.5. The van der Waals surface area contributed by atoms with Crippen LogP contribution in [0.25, 0.3) is 0 Å². The third-order valence-electron chi connectivity index (χ3n) is 3.17. The first-order chi connectivity index (χ1) is 9.02. The van der Waals surface area contributed by atoms with E-state index in [1.807, 2.05) is 6.08 Å². The quantitative estimate of drug-likeness (QED) is 0.888. The number of alkyl halides is 3. The summed E-state index contributed by atoms with van der Waals surface area (Å²) in [5, 5.41) is 3.25. The molecule has 1 aromatic rings. The van der Waals surface area contributed by atoms with Crippen LogP contribution in [0.4, 0.5) is 18.9 Å². The predicted octanol–water partition coefficient (Wildman–Crippen LogP) is 2.87. The highest BCUT2D eigenvalue weighted by atomic mass is 19.4. The van der Waals surface area contributed by atoms with Gasteiger partial charge in [-0.2, -0.15) is 13.2 Å². The molecule has 1 radical (unpaired) electrons. The lowest BCUT2D eigenvalue weighted by molar-refractivity contribution is -0.137. The topological polar surface area (TPSA) is 15.3 Å². The van der Waals surface area contributed by atoms with Gasteiger partial charge in [0.15, 0.2) is 0 Å². The number of nitrogens with one attached hydrogen (secondary N) is 1. The summed E-state index contributed by atoms with van der Waals surface area (Å²) in [6.07, 6.45) is -0.618. The molecule has 0 aromatic heterocycles. The molecule has 0 spiro atoms. The van der Waals surface area contributed by atoms with Crippen LogP contribution >= 0.6 is 0 Å². The van der Waals surface area contributed by atoms with Gasteiger partial charge in [0.2, 0.25) is 0 Å². The Balaban J connectivity index is 2.20. The zero-order valence-electron chi connectivity index (χ0n) is 10.5. The van der Waals surface area contributed by atoms with Crippen molar-refractivity contribution in [2.24, 2.45) is 0 Å². The fourth-order valence-corrected chi connectivity index (χ4v) is 2.22. The van der Waals surface area contributed by atoms with E-state index < -0.39 is 11.7 Å². The molecule has 0 saturated carbocycles. The van der Waals surface area contributed by atoms with Crippen molar-refractivity contribution in [1.29, 1.82) is 0 Å². The molecule has 1 fully saturated rings. The van der Waals surface area contributed by atoms with Crippen LogP contribution in [0.2, 0.25) is 0 Å². The van der Waals surface area contributed by atoms with E-state index in [1.54, 1.807) is 6.08 Å². The Bertz CT molecular complexity index is 437. The van der Waals surface area contributed by atoms with E-state index in [1.165, 1.54) is 12.1 Å². The number of halogens is 3. The summed E-state index contributed by atoms with van der Waals surface area (Å²) >= 11 is 0. The van der Waals surface area contributed by atoms with Crippen LogP contribution in [0.5, 0.6) is 0 Å². The Labute approximate surface area is 110 Å². The maximum atomic E-state index is 12.5. The summed E-state index contributed by atoms with van der Waals surface area (Å²) in [5.74, 6) is 0. The van der Waals surface area contributed by atoms with Crippen LogP contribution in [0, 0.1) is 6.92 Å². The molecule has 2 rings (SSSR count). The maximum Gasteiger partial charge on any atom is 0.416 e. The zero-order valence-corrected chi connectivity index (χ0v) is 10.5. The van der Waals surface area contributed by atoms with Gasteiger partial charge in [0, 0.05) is 25.3 Å². The van der Waals surface area contributed by atoms with Gasteiger partial charge in [-0.05, 0) is 31.2 Å². The minimum absolute atomic E-state index is 0.128. The molecule has 1 aliphatic heterocycles. The summed E-state index contributed by atoms with van der Waals surface area (Å²) in [6, 6.07) is 5.43. The number of nitrogens with zero attached hydrogens (tertiary/aromatic N) is 1. The number of benzene rings is 1.